The van der Waals surface area contributed by atoms with Crippen LogP contribution >= 0.6 is 0 Å². The van der Waals surface area contributed by atoms with Crippen molar-refractivity contribution in [3.05, 3.63) is 36.3 Å². The largest absolute Gasteiger partial charge is 0.382 e. The van der Waals surface area contributed by atoms with Gasteiger partial charge in [0.2, 0.25) is 0 Å². The number of nitrogen functional groups attached to an aromatic ring is 1. The normalized spacial score (nSPS) is 10.4. The molecule has 72 valence electrons. The topological polar surface area (TPSA) is 56.7 Å². The maximum absolute atomic E-state index is 5.73. The Morgan fingerprint density at radius 2 is 2.36 bits per heavy atom. The van der Waals surface area contributed by atoms with Gasteiger partial charge < -0.3 is 5.73 Å². The summed E-state index contributed by atoms with van der Waals surface area (Å²) in [7, 11) is 0. The van der Waals surface area contributed by atoms with E-state index in [4.69, 9.17) is 5.73 Å². The summed E-state index contributed by atoms with van der Waals surface area (Å²) in [5.41, 5.74) is 7.75. The molecule has 2 aromatic rings. The van der Waals surface area contributed by atoms with E-state index in [2.05, 4.69) is 17.0 Å². The Labute approximate surface area is 82.4 Å². The highest BCUT2D eigenvalue weighted by atomic mass is 15.3. The van der Waals surface area contributed by atoms with E-state index >= 15 is 0 Å². The number of aryl methyl sites for hydroxylation is 1. The number of rotatable bonds is 2. The maximum atomic E-state index is 5.73. The van der Waals surface area contributed by atoms with Gasteiger partial charge in [-0.05, 0) is 24.1 Å². The smallest absolute Gasteiger partial charge is 0.149 e. The average molecular weight is 188 g/mol. The standard InChI is InChI=1S/C10H12N4/c1-2-8-6-13-14(7-8)9-4-3-5-12-10(9)11/h3-7H,2H2,1H3,(H2,11,12). The molecule has 2 aromatic heterocycles. The molecule has 0 aliphatic heterocycles. The summed E-state index contributed by atoms with van der Waals surface area (Å²) in [5, 5.41) is 4.21. The Bertz CT molecular complexity index is 433. The van der Waals surface area contributed by atoms with Crippen molar-refractivity contribution in [1.82, 2.24) is 14.8 Å². The van der Waals surface area contributed by atoms with Crippen molar-refractivity contribution in [2.24, 2.45) is 0 Å². The molecule has 0 spiro atoms. The number of nitrogens with two attached hydrogens (primary N) is 1. The van der Waals surface area contributed by atoms with Crippen LogP contribution in [-0.4, -0.2) is 14.8 Å². The Morgan fingerprint density at radius 1 is 1.50 bits per heavy atom. The molecule has 0 fully saturated rings. The summed E-state index contributed by atoms with van der Waals surface area (Å²) < 4.78 is 1.75. The molecule has 14 heavy (non-hydrogen) atoms. The third kappa shape index (κ3) is 1.46. The van der Waals surface area contributed by atoms with Gasteiger partial charge in [0.25, 0.3) is 0 Å². The Morgan fingerprint density at radius 3 is 3.00 bits per heavy atom. The Kier molecular flexibility index (Phi) is 2.18. The van der Waals surface area contributed by atoms with Gasteiger partial charge in [0.1, 0.15) is 11.5 Å². The first-order valence-corrected chi connectivity index (χ1v) is 4.55. The number of hydrogen-bond acceptors (Lipinski definition) is 3. The van der Waals surface area contributed by atoms with Crippen molar-refractivity contribution in [3.63, 3.8) is 0 Å². The fourth-order valence-electron chi connectivity index (χ4n) is 1.28. The highest BCUT2D eigenvalue weighted by Crippen LogP contribution is 2.13. The first kappa shape index (κ1) is 8.74. The van der Waals surface area contributed by atoms with Gasteiger partial charge >= 0.3 is 0 Å². The van der Waals surface area contributed by atoms with Crippen molar-refractivity contribution in [2.75, 3.05) is 5.73 Å². The van der Waals surface area contributed by atoms with E-state index in [9.17, 15) is 0 Å². The van der Waals surface area contributed by atoms with Gasteiger partial charge in [0.05, 0.1) is 6.20 Å². The van der Waals surface area contributed by atoms with Gasteiger partial charge in [0, 0.05) is 12.4 Å². The lowest BCUT2D eigenvalue weighted by molar-refractivity contribution is 0.876. The summed E-state index contributed by atoms with van der Waals surface area (Å²) in [4.78, 5) is 4.01. The van der Waals surface area contributed by atoms with E-state index in [0.717, 1.165) is 12.1 Å². The van der Waals surface area contributed by atoms with Gasteiger partial charge in [-0.1, -0.05) is 6.92 Å². The highest BCUT2D eigenvalue weighted by Gasteiger charge is 2.02. The minimum absolute atomic E-state index is 0.498. The van der Waals surface area contributed by atoms with Crippen LogP contribution in [0.1, 0.15) is 12.5 Å². The number of aromatic nitrogens is 3. The molecule has 2 rings (SSSR count). The molecule has 0 unspecified atom stereocenters. The van der Waals surface area contributed by atoms with Crippen LogP contribution in [0.15, 0.2) is 30.7 Å². The molecule has 0 atom stereocenters. The van der Waals surface area contributed by atoms with Gasteiger partial charge in [-0.2, -0.15) is 5.10 Å². The average Bonchev–Trinajstić information content (AvgIpc) is 2.67. The minimum atomic E-state index is 0.498. The molecular formula is C10H12N4. The van der Waals surface area contributed by atoms with Gasteiger partial charge in [-0.15, -0.1) is 0 Å². The first-order chi connectivity index (χ1) is 6.81. The lowest BCUT2D eigenvalue weighted by atomic mass is 10.3. The zero-order chi connectivity index (χ0) is 9.97. The zero-order valence-electron chi connectivity index (χ0n) is 8.01. The molecule has 2 heterocycles. The summed E-state index contributed by atoms with van der Waals surface area (Å²) in [6.07, 6.45) is 6.45. The number of pyridine rings is 1. The van der Waals surface area contributed by atoms with E-state index in [1.165, 1.54) is 5.56 Å². The molecule has 0 radical (unpaired) electrons. The van der Waals surface area contributed by atoms with Crippen LogP contribution in [0.25, 0.3) is 5.69 Å². The van der Waals surface area contributed by atoms with Crippen LogP contribution in [0.5, 0.6) is 0 Å². The Balaban J connectivity index is 2.44. The van der Waals surface area contributed by atoms with Crippen LogP contribution < -0.4 is 5.73 Å². The second-order valence-electron chi connectivity index (χ2n) is 3.05. The monoisotopic (exact) mass is 188 g/mol. The van der Waals surface area contributed by atoms with Crippen LogP contribution in [-0.2, 0) is 6.42 Å². The Hall–Kier alpha value is -1.84. The van der Waals surface area contributed by atoms with E-state index in [1.54, 1.807) is 10.9 Å². The van der Waals surface area contributed by atoms with E-state index in [1.807, 2.05) is 24.5 Å². The van der Waals surface area contributed by atoms with Crippen molar-refractivity contribution in [2.45, 2.75) is 13.3 Å². The maximum Gasteiger partial charge on any atom is 0.149 e. The van der Waals surface area contributed by atoms with Crippen LogP contribution in [0.3, 0.4) is 0 Å². The summed E-state index contributed by atoms with van der Waals surface area (Å²) >= 11 is 0. The molecule has 0 bridgehead atoms. The van der Waals surface area contributed by atoms with Crippen LogP contribution in [0.2, 0.25) is 0 Å². The van der Waals surface area contributed by atoms with E-state index in [-0.39, 0.29) is 0 Å². The molecule has 0 amide bonds. The summed E-state index contributed by atoms with van der Waals surface area (Å²) in [6, 6.07) is 3.74. The molecule has 2 N–H and O–H groups in total. The number of anilines is 1. The lowest BCUT2D eigenvalue weighted by Gasteiger charge is -2.02. The third-order valence-electron chi connectivity index (χ3n) is 2.11. The van der Waals surface area contributed by atoms with Crippen molar-refractivity contribution < 1.29 is 0 Å². The highest BCUT2D eigenvalue weighted by molar-refractivity contribution is 5.50. The molecule has 0 aromatic carbocycles. The van der Waals surface area contributed by atoms with Gasteiger partial charge in [-0.25, -0.2) is 9.67 Å². The first-order valence-electron chi connectivity index (χ1n) is 4.55. The van der Waals surface area contributed by atoms with Crippen LogP contribution in [0.4, 0.5) is 5.82 Å². The minimum Gasteiger partial charge on any atom is -0.382 e. The summed E-state index contributed by atoms with van der Waals surface area (Å²) in [6.45, 7) is 2.09. The van der Waals surface area contributed by atoms with Crippen molar-refractivity contribution >= 4 is 5.82 Å². The fourth-order valence-corrected chi connectivity index (χ4v) is 1.28. The third-order valence-corrected chi connectivity index (χ3v) is 2.11. The molecule has 0 saturated heterocycles. The predicted octanol–water partition coefficient (Wildman–Crippen LogP) is 1.41. The second-order valence-corrected chi connectivity index (χ2v) is 3.05. The molecule has 4 nitrogen and oxygen atoms in total. The molecule has 4 heteroatoms. The molecule has 0 aliphatic rings. The lowest BCUT2D eigenvalue weighted by Crippen LogP contribution is -2.01. The second kappa shape index (κ2) is 3.49. The van der Waals surface area contributed by atoms with Gasteiger partial charge in [-0.3, -0.25) is 0 Å². The zero-order valence-corrected chi connectivity index (χ0v) is 8.01. The molecule has 0 saturated carbocycles. The number of hydrogen-bond donors (Lipinski definition) is 1. The van der Waals surface area contributed by atoms with Crippen molar-refractivity contribution in [1.29, 1.82) is 0 Å². The van der Waals surface area contributed by atoms with Crippen LogP contribution in [0, 0.1) is 0 Å². The fraction of sp³-hybridized carbons (Fsp3) is 0.200. The van der Waals surface area contributed by atoms with E-state index in [0.29, 0.717) is 5.82 Å². The predicted molar refractivity (Wildman–Crippen MR) is 55.1 cm³/mol. The SMILES string of the molecule is CCc1cnn(-c2cccnc2N)c1. The van der Waals surface area contributed by atoms with Crippen molar-refractivity contribution in [3.8, 4) is 5.69 Å². The quantitative estimate of drug-likeness (QED) is 0.775. The van der Waals surface area contributed by atoms with Gasteiger partial charge in [0.15, 0.2) is 0 Å². The van der Waals surface area contributed by atoms with E-state index < -0.39 is 0 Å². The molecule has 0 aliphatic carbocycles. The summed E-state index contributed by atoms with van der Waals surface area (Å²) in [5.74, 6) is 0.498. The molecular weight excluding hydrogens is 176 g/mol. The number of nitrogens with zero attached hydrogens (tertiary/aromatic N) is 3.